The molecule has 2 aromatic rings. The molecule has 29 heavy (non-hydrogen) atoms. The number of hydrogen-bond donors (Lipinski definition) is 1. The van der Waals surface area contributed by atoms with Gasteiger partial charge in [0.25, 0.3) is 11.7 Å². The minimum Gasteiger partial charge on any atom is -0.448 e. The first-order valence-electron chi connectivity index (χ1n) is 9.25. The Morgan fingerprint density at radius 2 is 1.62 bits per heavy atom. The Morgan fingerprint density at radius 3 is 2.28 bits per heavy atom. The number of hydrogen-bond acceptors (Lipinski definition) is 5. The summed E-state index contributed by atoms with van der Waals surface area (Å²) < 4.78 is 60.1. The van der Waals surface area contributed by atoms with E-state index in [1.807, 2.05) is 0 Å². The summed E-state index contributed by atoms with van der Waals surface area (Å²) in [5, 5.41) is 2.69. The van der Waals surface area contributed by atoms with E-state index in [0.717, 1.165) is 44.2 Å². The molecule has 1 aliphatic carbocycles. The lowest BCUT2D eigenvalue weighted by atomic mass is 9.94. The summed E-state index contributed by atoms with van der Waals surface area (Å²) in [6, 6.07) is 9.44. The zero-order valence-corrected chi connectivity index (χ0v) is 16.2. The first-order chi connectivity index (χ1) is 13.8. The zero-order valence-electron chi connectivity index (χ0n) is 15.4. The van der Waals surface area contributed by atoms with Crippen molar-refractivity contribution in [2.45, 2.75) is 48.5 Å². The first-order valence-corrected chi connectivity index (χ1v) is 10.8. The number of carbonyl (C=O) groups is 1. The number of halogens is 2. The lowest BCUT2D eigenvalue weighted by molar-refractivity contribution is -0.105. The van der Waals surface area contributed by atoms with Crippen molar-refractivity contribution in [3.63, 3.8) is 0 Å². The van der Waals surface area contributed by atoms with Crippen LogP contribution in [0.5, 0.6) is 11.5 Å². The Kier molecular flexibility index (Phi) is 4.94. The summed E-state index contributed by atoms with van der Waals surface area (Å²) >= 11 is 0. The van der Waals surface area contributed by atoms with E-state index in [1.165, 1.54) is 12.1 Å². The van der Waals surface area contributed by atoms with Crippen molar-refractivity contribution in [2.75, 3.05) is 5.32 Å². The molecule has 0 bridgehead atoms. The predicted octanol–water partition coefficient (Wildman–Crippen LogP) is 4.37. The molecule has 2 aromatic carbocycles. The van der Waals surface area contributed by atoms with Crippen molar-refractivity contribution < 1.29 is 31.5 Å². The number of rotatable bonds is 4. The van der Waals surface area contributed by atoms with Crippen LogP contribution in [-0.4, -0.2) is 25.9 Å². The predicted molar refractivity (Wildman–Crippen MR) is 101 cm³/mol. The molecule has 4 rings (SSSR count). The highest BCUT2D eigenvalue weighted by atomic mass is 32.2. The molecule has 1 amide bonds. The second-order valence-corrected chi connectivity index (χ2v) is 9.04. The standard InChI is InChI=1S/C20H19F2NO5S/c21-19(22)29(25,26)15-7-4-13(5-8-15)18(24)23-14-6-9-16-17(12-14)28-20(27-16)10-2-1-3-11-20/h4-9,12,19H,1-3,10-11H2,(H,23,24). The number of anilines is 1. The highest BCUT2D eigenvalue weighted by Crippen LogP contribution is 2.46. The van der Waals surface area contributed by atoms with Gasteiger partial charge in [-0.05, 0) is 49.2 Å². The van der Waals surface area contributed by atoms with Crippen LogP contribution >= 0.6 is 0 Å². The molecule has 0 unspecified atom stereocenters. The van der Waals surface area contributed by atoms with E-state index in [9.17, 15) is 22.0 Å². The molecule has 1 aliphatic heterocycles. The third-order valence-corrected chi connectivity index (χ3v) is 6.49. The van der Waals surface area contributed by atoms with Crippen LogP contribution in [0.15, 0.2) is 47.4 Å². The zero-order chi connectivity index (χ0) is 20.6. The third-order valence-electron chi connectivity index (χ3n) is 5.09. The van der Waals surface area contributed by atoms with Crippen LogP contribution < -0.4 is 14.8 Å². The van der Waals surface area contributed by atoms with Crippen LogP contribution in [0.2, 0.25) is 0 Å². The van der Waals surface area contributed by atoms with Gasteiger partial charge in [0.2, 0.25) is 9.84 Å². The molecule has 1 fully saturated rings. The van der Waals surface area contributed by atoms with Crippen LogP contribution in [0.4, 0.5) is 14.5 Å². The van der Waals surface area contributed by atoms with E-state index in [-0.39, 0.29) is 5.56 Å². The SMILES string of the molecule is O=C(Nc1ccc2c(c1)OC1(CCCCC1)O2)c1ccc(S(=O)(=O)C(F)F)cc1. The van der Waals surface area contributed by atoms with E-state index in [4.69, 9.17) is 9.47 Å². The highest BCUT2D eigenvalue weighted by Gasteiger charge is 2.42. The van der Waals surface area contributed by atoms with Crippen LogP contribution in [0, 0.1) is 0 Å². The van der Waals surface area contributed by atoms with Gasteiger partial charge in [-0.25, -0.2) is 8.42 Å². The van der Waals surface area contributed by atoms with E-state index < -0.39 is 32.2 Å². The third kappa shape index (κ3) is 3.78. The van der Waals surface area contributed by atoms with Gasteiger partial charge in [0.1, 0.15) is 0 Å². The van der Waals surface area contributed by atoms with Gasteiger partial charge in [-0.15, -0.1) is 0 Å². The second kappa shape index (κ2) is 7.29. The van der Waals surface area contributed by atoms with Crippen molar-refractivity contribution in [3.8, 4) is 11.5 Å². The fourth-order valence-electron chi connectivity index (χ4n) is 3.57. The topological polar surface area (TPSA) is 81.7 Å². The lowest BCUT2D eigenvalue weighted by Gasteiger charge is -2.31. The van der Waals surface area contributed by atoms with E-state index in [1.54, 1.807) is 18.2 Å². The van der Waals surface area contributed by atoms with E-state index >= 15 is 0 Å². The van der Waals surface area contributed by atoms with Crippen molar-refractivity contribution in [1.82, 2.24) is 0 Å². The Labute approximate surface area is 166 Å². The fraction of sp³-hybridized carbons (Fsp3) is 0.350. The summed E-state index contributed by atoms with van der Waals surface area (Å²) in [4.78, 5) is 11.9. The summed E-state index contributed by atoms with van der Waals surface area (Å²) in [5.74, 6) is -3.44. The molecule has 1 N–H and O–H groups in total. The maximum absolute atomic E-state index is 12.6. The van der Waals surface area contributed by atoms with Crippen LogP contribution in [-0.2, 0) is 9.84 Å². The van der Waals surface area contributed by atoms with Gasteiger partial charge in [-0.1, -0.05) is 6.42 Å². The Balaban J connectivity index is 1.47. The maximum atomic E-state index is 12.6. The van der Waals surface area contributed by atoms with Gasteiger partial charge in [-0.3, -0.25) is 4.79 Å². The molecule has 0 saturated heterocycles. The van der Waals surface area contributed by atoms with Gasteiger partial charge < -0.3 is 14.8 Å². The molecule has 1 heterocycles. The number of alkyl halides is 2. The molecule has 9 heteroatoms. The van der Waals surface area contributed by atoms with E-state index in [0.29, 0.717) is 17.2 Å². The summed E-state index contributed by atoms with van der Waals surface area (Å²) in [7, 11) is -4.69. The molecule has 1 saturated carbocycles. The van der Waals surface area contributed by atoms with Crippen LogP contribution in [0.3, 0.4) is 0 Å². The normalized spacial score (nSPS) is 17.5. The Morgan fingerprint density at radius 1 is 0.966 bits per heavy atom. The van der Waals surface area contributed by atoms with Gasteiger partial charge in [0.05, 0.1) is 4.90 Å². The van der Waals surface area contributed by atoms with Gasteiger partial charge in [-0.2, -0.15) is 8.78 Å². The maximum Gasteiger partial charge on any atom is 0.341 e. The summed E-state index contributed by atoms with van der Waals surface area (Å²) in [5.41, 5.74) is 0.620. The molecule has 0 atom stereocenters. The number of carbonyl (C=O) groups excluding carboxylic acids is 1. The van der Waals surface area contributed by atoms with Gasteiger partial charge in [0.15, 0.2) is 11.5 Å². The molecule has 6 nitrogen and oxygen atoms in total. The fourth-order valence-corrected chi connectivity index (χ4v) is 4.29. The molecule has 154 valence electrons. The quantitative estimate of drug-likeness (QED) is 0.790. The number of nitrogens with one attached hydrogen (secondary N) is 1. The van der Waals surface area contributed by atoms with Crippen molar-refractivity contribution in [2.24, 2.45) is 0 Å². The molecule has 1 spiro atoms. The minimum atomic E-state index is -4.69. The monoisotopic (exact) mass is 423 g/mol. The minimum absolute atomic E-state index is 0.139. The van der Waals surface area contributed by atoms with Crippen molar-refractivity contribution in [1.29, 1.82) is 0 Å². The first kappa shape index (κ1) is 19.6. The van der Waals surface area contributed by atoms with Crippen molar-refractivity contribution >= 4 is 21.4 Å². The Hall–Kier alpha value is -2.68. The average molecular weight is 423 g/mol. The van der Waals surface area contributed by atoms with Crippen molar-refractivity contribution in [3.05, 3.63) is 48.0 Å². The average Bonchev–Trinajstić information content (AvgIpc) is 3.05. The number of benzene rings is 2. The number of amides is 1. The summed E-state index contributed by atoms with van der Waals surface area (Å²) in [6.45, 7) is 0. The lowest BCUT2D eigenvalue weighted by Crippen LogP contribution is -2.40. The van der Waals surface area contributed by atoms with Crippen LogP contribution in [0.25, 0.3) is 0 Å². The molecule has 0 aromatic heterocycles. The number of sulfone groups is 1. The Bertz CT molecular complexity index is 1030. The second-order valence-electron chi connectivity index (χ2n) is 7.12. The smallest absolute Gasteiger partial charge is 0.341 e. The molecular weight excluding hydrogens is 404 g/mol. The number of ether oxygens (including phenoxy) is 2. The molecule has 0 radical (unpaired) electrons. The van der Waals surface area contributed by atoms with E-state index in [2.05, 4.69) is 5.32 Å². The number of fused-ring (bicyclic) bond motifs is 1. The van der Waals surface area contributed by atoms with Gasteiger partial charge in [0, 0.05) is 30.2 Å². The van der Waals surface area contributed by atoms with Gasteiger partial charge >= 0.3 is 5.76 Å². The highest BCUT2D eigenvalue weighted by molar-refractivity contribution is 7.91. The molecular formula is C20H19F2NO5S. The van der Waals surface area contributed by atoms with Crippen LogP contribution in [0.1, 0.15) is 42.5 Å². The molecule has 2 aliphatic rings. The summed E-state index contributed by atoms with van der Waals surface area (Å²) in [6.07, 6.45) is 4.86. The largest absolute Gasteiger partial charge is 0.448 e.